The maximum absolute atomic E-state index is 4.79. The van der Waals surface area contributed by atoms with Crippen molar-refractivity contribution in [3.63, 3.8) is 0 Å². The van der Waals surface area contributed by atoms with Gasteiger partial charge in [0.15, 0.2) is 0 Å². The van der Waals surface area contributed by atoms with Gasteiger partial charge in [-0.2, -0.15) is 0 Å². The molecule has 1 saturated heterocycles. The van der Waals surface area contributed by atoms with Crippen LogP contribution < -0.4 is 10.6 Å². The van der Waals surface area contributed by atoms with Crippen molar-refractivity contribution < 1.29 is 0 Å². The van der Waals surface area contributed by atoms with Crippen LogP contribution in [-0.4, -0.2) is 29.6 Å². The Bertz CT molecular complexity index is 778. The smallest absolute Gasteiger partial charge is 0.0838 e. The first kappa shape index (κ1) is 14.6. The van der Waals surface area contributed by atoms with Crippen LogP contribution in [0.2, 0.25) is 0 Å². The molecule has 0 radical (unpaired) electrons. The number of nitrogens with one attached hydrogen (secondary N) is 2. The second-order valence-corrected chi connectivity index (χ2v) is 6.92. The monoisotopic (exact) mass is 324 g/mol. The average molecular weight is 324 g/mol. The van der Waals surface area contributed by atoms with Crippen LogP contribution in [0.25, 0.3) is 21.5 Å². The van der Waals surface area contributed by atoms with Gasteiger partial charge in [-0.1, -0.05) is 0 Å². The normalized spacial score (nSPS) is 15.8. The summed E-state index contributed by atoms with van der Waals surface area (Å²) in [6.45, 7) is 3.31. The fourth-order valence-corrected chi connectivity index (χ4v) is 3.92. The molecule has 5 heteroatoms. The van der Waals surface area contributed by atoms with Crippen molar-refractivity contribution in [3.8, 4) is 11.3 Å². The summed E-state index contributed by atoms with van der Waals surface area (Å²) < 4.78 is 1.25. The topological polar surface area (TPSA) is 49.8 Å². The van der Waals surface area contributed by atoms with Gasteiger partial charge >= 0.3 is 0 Å². The van der Waals surface area contributed by atoms with E-state index in [4.69, 9.17) is 4.98 Å². The van der Waals surface area contributed by atoms with Crippen LogP contribution >= 0.6 is 11.3 Å². The van der Waals surface area contributed by atoms with E-state index in [0.29, 0.717) is 0 Å². The lowest BCUT2D eigenvalue weighted by atomic mass is 9.98. The van der Waals surface area contributed by atoms with Crippen LogP contribution in [0.3, 0.4) is 0 Å². The van der Waals surface area contributed by atoms with Crippen molar-refractivity contribution in [1.82, 2.24) is 15.3 Å². The number of thiophene rings is 1. The van der Waals surface area contributed by atoms with E-state index in [1.165, 1.54) is 23.2 Å². The predicted molar refractivity (Wildman–Crippen MR) is 96.9 cm³/mol. The van der Waals surface area contributed by atoms with Gasteiger partial charge in [-0.05, 0) is 61.5 Å². The Labute approximate surface area is 140 Å². The van der Waals surface area contributed by atoms with Crippen LogP contribution in [-0.2, 0) is 0 Å². The quantitative estimate of drug-likeness (QED) is 0.767. The molecule has 118 valence electrons. The zero-order valence-electron chi connectivity index (χ0n) is 13.0. The second-order valence-electron chi connectivity index (χ2n) is 6.00. The van der Waals surface area contributed by atoms with Crippen molar-refractivity contribution in [1.29, 1.82) is 0 Å². The molecule has 3 aromatic rings. The van der Waals surface area contributed by atoms with E-state index in [0.717, 1.165) is 42.3 Å². The maximum atomic E-state index is 4.79. The standard InChI is InChI=1S/C18H20N4S/c1-6-19-7-2-13(1)12-21-17-11-16(14-3-8-20-9-4-14)22-15-5-10-23-18(15)17/h3-5,8-11,13,19H,1-2,6-7,12H2,(H,21,22). The molecular formula is C18H20N4S. The molecule has 1 fully saturated rings. The van der Waals surface area contributed by atoms with Crippen molar-refractivity contribution in [2.75, 3.05) is 25.0 Å². The van der Waals surface area contributed by atoms with Gasteiger partial charge in [0.25, 0.3) is 0 Å². The zero-order chi connectivity index (χ0) is 15.5. The van der Waals surface area contributed by atoms with Gasteiger partial charge in [0.05, 0.1) is 21.6 Å². The number of hydrogen-bond donors (Lipinski definition) is 2. The third-order valence-corrected chi connectivity index (χ3v) is 5.36. The largest absolute Gasteiger partial charge is 0.383 e. The SMILES string of the molecule is c1cc(-c2cc(NCC3CCNCC3)c3sccc3n2)ccn1. The van der Waals surface area contributed by atoms with Gasteiger partial charge in [-0.15, -0.1) is 11.3 Å². The summed E-state index contributed by atoms with van der Waals surface area (Å²) in [5.74, 6) is 0.754. The van der Waals surface area contributed by atoms with Crippen LogP contribution in [0.4, 0.5) is 5.69 Å². The molecule has 0 aliphatic carbocycles. The molecule has 0 saturated carbocycles. The Hall–Kier alpha value is -1.98. The number of rotatable bonds is 4. The Kier molecular flexibility index (Phi) is 4.22. The summed E-state index contributed by atoms with van der Waals surface area (Å²) in [6, 6.07) is 8.30. The molecule has 4 rings (SSSR count). The number of pyridine rings is 2. The minimum absolute atomic E-state index is 0.754. The lowest BCUT2D eigenvalue weighted by Gasteiger charge is -2.23. The number of hydrogen-bond acceptors (Lipinski definition) is 5. The number of anilines is 1. The molecular weight excluding hydrogens is 304 g/mol. The van der Waals surface area contributed by atoms with Gasteiger partial charge in [0.2, 0.25) is 0 Å². The minimum atomic E-state index is 0.754. The molecule has 1 aliphatic rings. The lowest BCUT2D eigenvalue weighted by molar-refractivity contribution is 0.390. The minimum Gasteiger partial charge on any atom is -0.383 e. The lowest BCUT2D eigenvalue weighted by Crippen LogP contribution is -2.31. The predicted octanol–water partition coefficient (Wildman–Crippen LogP) is 3.77. The van der Waals surface area contributed by atoms with Crippen LogP contribution in [0.15, 0.2) is 42.0 Å². The Morgan fingerprint density at radius 1 is 1.17 bits per heavy atom. The highest BCUT2D eigenvalue weighted by molar-refractivity contribution is 7.17. The van der Waals surface area contributed by atoms with E-state index >= 15 is 0 Å². The molecule has 0 spiro atoms. The summed E-state index contributed by atoms with van der Waals surface area (Å²) >= 11 is 1.75. The molecule has 4 nitrogen and oxygen atoms in total. The molecule has 4 heterocycles. The van der Waals surface area contributed by atoms with Gasteiger partial charge in [0, 0.05) is 24.5 Å². The van der Waals surface area contributed by atoms with Crippen LogP contribution in [0.1, 0.15) is 12.8 Å². The molecule has 0 aromatic carbocycles. The van der Waals surface area contributed by atoms with Gasteiger partial charge < -0.3 is 10.6 Å². The molecule has 0 unspecified atom stereocenters. The van der Waals surface area contributed by atoms with E-state index in [-0.39, 0.29) is 0 Å². The fourth-order valence-electron chi connectivity index (χ4n) is 3.10. The maximum Gasteiger partial charge on any atom is 0.0838 e. The van der Waals surface area contributed by atoms with E-state index in [2.05, 4.69) is 33.1 Å². The molecule has 0 amide bonds. The first-order valence-electron chi connectivity index (χ1n) is 8.13. The second kappa shape index (κ2) is 6.64. The summed E-state index contributed by atoms with van der Waals surface area (Å²) in [4.78, 5) is 8.89. The number of nitrogens with zero attached hydrogens (tertiary/aromatic N) is 2. The van der Waals surface area contributed by atoms with Crippen LogP contribution in [0.5, 0.6) is 0 Å². The third kappa shape index (κ3) is 3.21. The van der Waals surface area contributed by atoms with Crippen molar-refractivity contribution >= 4 is 27.2 Å². The fraction of sp³-hybridized carbons (Fsp3) is 0.333. The Morgan fingerprint density at radius 3 is 2.83 bits per heavy atom. The van der Waals surface area contributed by atoms with E-state index in [9.17, 15) is 0 Å². The summed E-state index contributed by atoms with van der Waals surface area (Å²) in [5, 5.41) is 9.22. The van der Waals surface area contributed by atoms with E-state index in [1.807, 2.05) is 24.5 Å². The van der Waals surface area contributed by atoms with Crippen molar-refractivity contribution in [2.45, 2.75) is 12.8 Å². The molecule has 3 aromatic heterocycles. The van der Waals surface area contributed by atoms with E-state index < -0.39 is 0 Å². The average Bonchev–Trinajstić information content (AvgIpc) is 3.10. The summed E-state index contributed by atoms with van der Waals surface area (Å²) in [7, 11) is 0. The van der Waals surface area contributed by atoms with Gasteiger partial charge in [0.1, 0.15) is 0 Å². The van der Waals surface area contributed by atoms with Crippen LogP contribution in [0, 0.1) is 5.92 Å². The molecule has 0 bridgehead atoms. The highest BCUT2D eigenvalue weighted by Crippen LogP contribution is 2.32. The van der Waals surface area contributed by atoms with Gasteiger partial charge in [-0.25, -0.2) is 4.98 Å². The highest BCUT2D eigenvalue weighted by Gasteiger charge is 2.14. The Morgan fingerprint density at radius 2 is 2.00 bits per heavy atom. The molecule has 1 aliphatic heterocycles. The number of aromatic nitrogens is 2. The van der Waals surface area contributed by atoms with E-state index in [1.54, 1.807) is 11.3 Å². The third-order valence-electron chi connectivity index (χ3n) is 4.43. The first-order valence-corrected chi connectivity index (χ1v) is 9.01. The summed E-state index contributed by atoms with van der Waals surface area (Å²) in [5.41, 5.74) is 4.39. The Balaban J connectivity index is 1.63. The number of fused-ring (bicyclic) bond motifs is 1. The molecule has 2 N–H and O–H groups in total. The van der Waals surface area contributed by atoms with Gasteiger partial charge in [-0.3, -0.25) is 4.98 Å². The molecule has 0 atom stereocenters. The van der Waals surface area contributed by atoms with Crippen molar-refractivity contribution in [2.24, 2.45) is 5.92 Å². The zero-order valence-corrected chi connectivity index (χ0v) is 13.8. The molecule has 23 heavy (non-hydrogen) atoms. The van der Waals surface area contributed by atoms with Crippen molar-refractivity contribution in [3.05, 3.63) is 42.0 Å². The summed E-state index contributed by atoms with van der Waals surface area (Å²) in [6.07, 6.45) is 6.14. The first-order chi connectivity index (χ1) is 11.4. The highest BCUT2D eigenvalue weighted by atomic mass is 32.1. The number of piperidine rings is 1.